The number of benzene rings is 3. The number of carbonyl (C=O) groups excluding carboxylic acids is 2. The van der Waals surface area contributed by atoms with Crippen molar-refractivity contribution < 1.29 is 28.9 Å². The van der Waals surface area contributed by atoms with E-state index in [4.69, 9.17) is 14.2 Å². The Balaban J connectivity index is 1.57. The van der Waals surface area contributed by atoms with Crippen LogP contribution in [0.3, 0.4) is 0 Å². The molecule has 1 N–H and O–H groups in total. The lowest BCUT2D eigenvalue weighted by Crippen LogP contribution is -2.29. The van der Waals surface area contributed by atoms with Gasteiger partial charge >= 0.3 is 5.91 Å². The van der Waals surface area contributed by atoms with Crippen LogP contribution in [0.4, 0.5) is 5.13 Å². The zero-order valence-electron chi connectivity index (χ0n) is 23.5. The second-order valence-corrected chi connectivity index (χ2v) is 11.5. The molecule has 1 unspecified atom stereocenters. The van der Waals surface area contributed by atoms with Gasteiger partial charge in [-0.3, -0.25) is 14.5 Å². The van der Waals surface area contributed by atoms with E-state index in [0.717, 1.165) is 5.56 Å². The third kappa shape index (κ3) is 5.83. The predicted molar refractivity (Wildman–Crippen MR) is 163 cm³/mol. The average Bonchev–Trinajstić information content (AvgIpc) is 3.58. The number of aliphatic hydroxyl groups excluding tert-OH is 1. The van der Waals surface area contributed by atoms with Crippen molar-refractivity contribution in [2.45, 2.75) is 30.0 Å². The quantitative estimate of drug-likeness (QED) is 0.0747. The van der Waals surface area contributed by atoms with Gasteiger partial charge in [-0.1, -0.05) is 59.0 Å². The lowest BCUT2D eigenvalue weighted by molar-refractivity contribution is -0.132. The Kier molecular flexibility index (Phi) is 8.79. The molecule has 1 aliphatic rings. The van der Waals surface area contributed by atoms with Crippen LogP contribution in [0.2, 0.25) is 0 Å². The standard InChI is InChI=1S/C31H29N3O6S2/c1-5-40-23-15-12-21(16-24(23)39-4)26-25(27(35)20-10-13-22(38-3)14-11-20)28(36)29(37)34(26)30-32-33-31(42-30)41-17-19-8-6-18(2)7-9-19/h6-16,26,35H,5,17H2,1-4H3/b27-25-. The highest BCUT2D eigenvalue weighted by molar-refractivity contribution is 8.00. The Morgan fingerprint density at radius 1 is 0.976 bits per heavy atom. The first kappa shape index (κ1) is 29.2. The van der Waals surface area contributed by atoms with Crippen molar-refractivity contribution in [2.24, 2.45) is 0 Å². The highest BCUT2D eigenvalue weighted by atomic mass is 32.2. The van der Waals surface area contributed by atoms with Crippen molar-refractivity contribution in [3.8, 4) is 17.2 Å². The van der Waals surface area contributed by atoms with Crippen LogP contribution < -0.4 is 19.1 Å². The van der Waals surface area contributed by atoms with Crippen molar-refractivity contribution in [2.75, 3.05) is 25.7 Å². The van der Waals surface area contributed by atoms with E-state index >= 15 is 0 Å². The van der Waals surface area contributed by atoms with E-state index in [9.17, 15) is 14.7 Å². The summed E-state index contributed by atoms with van der Waals surface area (Å²) < 4.78 is 17.1. The molecule has 9 nitrogen and oxygen atoms in total. The van der Waals surface area contributed by atoms with Crippen LogP contribution in [-0.4, -0.2) is 47.8 Å². The van der Waals surface area contributed by atoms with Gasteiger partial charge in [0.25, 0.3) is 5.78 Å². The smallest absolute Gasteiger partial charge is 0.301 e. The minimum Gasteiger partial charge on any atom is -0.507 e. The van der Waals surface area contributed by atoms with Crippen molar-refractivity contribution in [1.29, 1.82) is 0 Å². The molecule has 0 bridgehead atoms. The van der Waals surface area contributed by atoms with Crippen LogP contribution in [0.15, 0.2) is 76.6 Å². The van der Waals surface area contributed by atoms with Gasteiger partial charge in [-0.15, -0.1) is 10.2 Å². The summed E-state index contributed by atoms with van der Waals surface area (Å²) in [5.74, 6) is 0.251. The summed E-state index contributed by atoms with van der Waals surface area (Å²) >= 11 is 2.70. The summed E-state index contributed by atoms with van der Waals surface area (Å²) in [6, 6.07) is 19.0. The Morgan fingerprint density at radius 2 is 1.71 bits per heavy atom. The largest absolute Gasteiger partial charge is 0.507 e. The molecule has 1 amide bonds. The fourth-order valence-electron chi connectivity index (χ4n) is 4.57. The van der Waals surface area contributed by atoms with Crippen molar-refractivity contribution in [3.63, 3.8) is 0 Å². The number of ketones is 1. The van der Waals surface area contributed by atoms with Crippen molar-refractivity contribution in [1.82, 2.24) is 10.2 Å². The van der Waals surface area contributed by atoms with Crippen LogP contribution in [0, 0.1) is 6.92 Å². The monoisotopic (exact) mass is 603 g/mol. The number of hydrogen-bond acceptors (Lipinski definition) is 10. The lowest BCUT2D eigenvalue weighted by Gasteiger charge is -2.23. The van der Waals surface area contributed by atoms with E-state index in [1.165, 1.54) is 47.8 Å². The summed E-state index contributed by atoms with van der Waals surface area (Å²) in [4.78, 5) is 28.4. The molecule has 42 heavy (non-hydrogen) atoms. The summed E-state index contributed by atoms with van der Waals surface area (Å²) in [7, 11) is 3.05. The number of carbonyl (C=O) groups is 2. The number of aliphatic hydroxyl groups is 1. The average molecular weight is 604 g/mol. The first-order valence-electron chi connectivity index (χ1n) is 13.1. The normalized spacial score (nSPS) is 16.1. The zero-order valence-corrected chi connectivity index (χ0v) is 25.1. The molecule has 1 atom stereocenters. The number of aromatic nitrogens is 2. The number of methoxy groups -OCH3 is 2. The van der Waals surface area contributed by atoms with Crippen LogP contribution in [0.5, 0.6) is 17.2 Å². The molecular weight excluding hydrogens is 574 g/mol. The molecule has 1 aromatic heterocycles. The van der Waals surface area contributed by atoms with Gasteiger partial charge in [-0.25, -0.2) is 0 Å². The van der Waals surface area contributed by atoms with Crippen LogP contribution in [0.25, 0.3) is 5.76 Å². The molecule has 3 aromatic carbocycles. The number of aryl methyl sites for hydroxylation is 1. The number of anilines is 1. The zero-order chi connectivity index (χ0) is 29.8. The van der Waals surface area contributed by atoms with E-state index in [1.54, 1.807) is 42.5 Å². The van der Waals surface area contributed by atoms with E-state index in [1.807, 2.05) is 13.8 Å². The molecule has 11 heteroatoms. The first-order chi connectivity index (χ1) is 20.3. The van der Waals surface area contributed by atoms with Crippen molar-refractivity contribution >= 4 is 45.7 Å². The Morgan fingerprint density at radius 3 is 2.38 bits per heavy atom. The van der Waals surface area contributed by atoms with Gasteiger partial charge in [0.15, 0.2) is 15.8 Å². The SMILES string of the molecule is CCOc1ccc(C2/C(=C(/O)c3ccc(OC)cc3)C(=O)C(=O)N2c2nnc(SCc3ccc(C)cc3)s2)cc1OC. The van der Waals surface area contributed by atoms with Gasteiger partial charge < -0.3 is 19.3 Å². The van der Waals surface area contributed by atoms with E-state index in [0.29, 0.717) is 45.1 Å². The van der Waals surface area contributed by atoms with Crippen LogP contribution in [-0.2, 0) is 15.3 Å². The fourth-order valence-corrected chi connectivity index (χ4v) is 6.39. The number of thioether (sulfide) groups is 1. The Labute approximate surface area is 251 Å². The maximum atomic E-state index is 13.6. The summed E-state index contributed by atoms with van der Waals surface area (Å²) in [5.41, 5.74) is 3.14. The maximum absolute atomic E-state index is 13.6. The van der Waals surface area contributed by atoms with E-state index in [2.05, 4.69) is 34.5 Å². The summed E-state index contributed by atoms with van der Waals surface area (Å²) in [5, 5.41) is 20.2. The second kappa shape index (κ2) is 12.7. The molecule has 0 spiro atoms. The molecule has 4 aromatic rings. The number of nitrogens with zero attached hydrogens (tertiary/aromatic N) is 3. The highest BCUT2D eigenvalue weighted by Crippen LogP contribution is 2.45. The molecule has 1 aliphatic heterocycles. The molecular formula is C31H29N3O6S2. The lowest BCUT2D eigenvalue weighted by atomic mass is 9.95. The molecule has 0 aliphatic carbocycles. The van der Waals surface area contributed by atoms with Gasteiger partial charge in [0.1, 0.15) is 11.5 Å². The highest BCUT2D eigenvalue weighted by Gasteiger charge is 2.48. The summed E-state index contributed by atoms with van der Waals surface area (Å²) in [6.45, 7) is 4.33. The molecule has 1 fully saturated rings. The Bertz CT molecular complexity index is 1630. The topological polar surface area (TPSA) is 111 Å². The predicted octanol–water partition coefficient (Wildman–Crippen LogP) is 6.18. The van der Waals surface area contributed by atoms with E-state index in [-0.39, 0.29) is 16.5 Å². The van der Waals surface area contributed by atoms with Gasteiger partial charge in [0, 0.05) is 11.3 Å². The number of amides is 1. The van der Waals surface area contributed by atoms with Gasteiger partial charge in [0.05, 0.1) is 32.4 Å². The second-order valence-electron chi connectivity index (χ2n) is 9.37. The number of hydrogen-bond donors (Lipinski definition) is 1. The van der Waals surface area contributed by atoms with E-state index < -0.39 is 17.7 Å². The molecule has 5 rings (SSSR count). The van der Waals surface area contributed by atoms with Crippen LogP contribution >= 0.6 is 23.1 Å². The molecule has 216 valence electrons. The number of Topliss-reactive ketones (excluding diaryl/α,β-unsaturated/α-hetero) is 1. The van der Waals surface area contributed by atoms with Crippen molar-refractivity contribution in [3.05, 3.63) is 94.6 Å². The van der Waals surface area contributed by atoms with Gasteiger partial charge in [-0.2, -0.15) is 0 Å². The minimum atomic E-state index is -0.987. The van der Waals surface area contributed by atoms with Crippen LogP contribution in [0.1, 0.15) is 35.2 Å². The number of rotatable bonds is 10. The first-order valence-corrected chi connectivity index (χ1v) is 14.9. The molecule has 1 saturated heterocycles. The third-order valence-corrected chi connectivity index (χ3v) is 8.82. The Hall–Kier alpha value is -4.35. The fraction of sp³-hybridized carbons (Fsp3) is 0.226. The molecule has 0 saturated carbocycles. The number of ether oxygens (including phenoxy) is 3. The maximum Gasteiger partial charge on any atom is 0.301 e. The van der Waals surface area contributed by atoms with Gasteiger partial charge in [0.2, 0.25) is 5.13 Å². The van der Waals surface area contributed by atoms with Gasteiger partial charge in [-0.05, 0) is 61.4 Å². The third-order valence-electron chi connectivity index (χ3n) is 6.70. The molecule has 2 heterocycles. The molecule has 0 radical (unpaired) electrons. The minimum absolute atomic E-state index is 0.0690. The summed E-state index contributed by atoms with van der Waals surface area (Å²) in [6.07, 6.45) is 0.